The first-order valence-corrected chi connectivity index (χ1v) is 7.51. The summed E-state index contributed by atoms with van der Waals surface area (Å²) < 4.78 is 5.46. The van der Waals surface area contributed by atoms with Gasteiger partial charge in [0.15, 0.2) is 0 Å². The zero-order chi connectivity index (χ0) is 14.0. The minimum Gasteiger partial charge on any atom is -0.444 e. The number of likely N-dealkylation sites (tertiary alicyclic amines) is 1. The van der Waals surface area contributed by atoms with E-state index in [9.17, 15) is 9.90 Å². The Morgan fingerprint density at radius 1 is 1.21 bits per heavy atom. The molecule has 4 heteroatoms. The second-order valence-corrected chi connectivity index (χ2v) is 7.06. The third-order valence-corrected chi connectivity index (χ3v) is 4.22. The fourth-order valence-electron chi connectivity index (χ4n) is 3.32. The SMILES string of the molecule is CC(C)(C)OC(=O)N1CCCC2CCC(O)CC2C1. The molecule has 1 aliphatic heterocycles. The molecule has 2 rings (SSSR count). The van der Waals surface area contributed by atoms with E-state index in [-0.39, 0.29) is 12.2 Å². The number of ether oxygens (including phenoxy) is 1. The summed E-state index contributed by atoms with van der Waals surface area (Å²) in [5.74, 6) is 1.12. The Morgan fingerprint density at radius 2 is 1.95 bits per heavy atom. The summed E-state index contributed by atoms with van der Waals surface area (Å²) in [6.45, 7) is 7.23. The molecule has 2 aliphatic rings. The molecule has 110 valence electrons. The number of carbonyl (C=O) groups excluding carboxylic acids is 1. The number of hydrogen-bond donors (Lipinski definition) is 1. The van der Waals surface area contributed by atoms with Gasteiger partial charge in [-0.15, -0.1) is 0 Å². The molecular weight excluding hydrogens is 242 g/mol. The van der Waals surface area contributed by atoms with Gasteiger partial charge in [0.05, 0.1) is 6.10 Å². The fraction of sp³-hybridized carbons (Fsp3) is 0.933. The number of aliphatic hydroxyl groups is 1. The van der Waals surface area contributed by atoms with E-state index in [4.69, 9.17) is 4.74 Å². The van der Waals surface area contributed by atoms with Crippen LogP contribution in [-0.4, -0.2) is 40.9 Å². The molecule has 3 atom stereocenters. The third kappa shape index (κ3) is 4.10. The molecule has 0 aromatic heterocycles. The highest BCUT2D eigenvalue weighted by Gasteiger charge is 2.35. The average Bonchev–Trinajstić information content (AvgIpc) is 2.48. The molecule has 2 fully saturated rings. The van der Waals surface area contributed by atoms with Crippen molar-refractivity contribution >= 4 is 6.09 Å². The Kier molecular flexibility index (Phi) is 4.39. The highest BCUT2D eigenvalue weighted by Crippen LogP contribution is 2.36. The number of fused-ring (bicyclic) bond motifs is 1. The lowest BCUT2D eigenvalue weighted by molar-refractivity contribution is 0.0155. The van der Waals surface area contributed by atoms with Crippen molar-refractivity contribution in [3.8, 4) is 0 Å². The topological polar surface area (TPSA) is 49.8 Å². The van der Waals surface area contributed by atoms with E-state index in [2.05, 4.69) is 0 Å². The van der Waals surface area contributed by atoms with Gasteiger partial charge in [0.25, 0.3) is 0 Å². The maximum absolute atomic E-state index is 12.2. The molecule has 0 bridgehead atoms. The number of hydrogen-bond acceptors (Lipinski definition) is 3. The smallest absolute Gasteiger partial charge is 0.410 e. The maximum Gasteiger partial charge on any atom is 0.410 e. The Balaban J connectivity index is 1.97. The molecule has 1 amide bonds. The lowest BCUT2D eigenvalue weighted by Gasteiger charge is -2.35. The molecule has 1 saturated carbocycles. The summed E-state index contributed by atoms with van der Waals surface area (Å²) in [6, 6.07) is 0. The standard InChI is InChI=1S/C15H27NO3/c1-15(2,3)19-14(18)16-8-4-5-11-6-7-13(17)9-12(11)10-16/h11-13,17H,4-10H2,1-3H3. The van der Waals surface area contributed by atoms with Crippen LogP contribution in [0.15, 0.2) is 0 Å². The number of amides is 1. The monoisotopic (exact) mass is 269 g/mol. The first-order chi connectivity index (χ1) is 8.85. The number of rotatable bonds is 0. The normalized spacial score (nSPS) is 32.4. The average molecular weight is 269 g/mol. The minimum absolute atomic E-state index is 0.181. The molecule has 1 heterocycles. The van der Waals surface area contributed by atoms with Crippen molar-refractivity contribution in [1.82, 2.24) is 4.90 Å². The van der Waals surface area contributed by atoms with Crippen LogP contribution in [0.3, 0.4) is 0 Å². The summed E-state index contributed by atoms with van der Waals surface area (Å²) in [5.41, 5.74) is -0.436. The summed E-state index contributed by atoms with van der Waals surface area (Å²) in [5, 5.41) is 9.82. The molecule has 1 saturated heterocycles. The molecule has 0 aromatic carbocycles. The van der Waals surface area contributed by atoms with Crippen LogP contribution in [0.2, 0.25) is 0 Å². The molecule has 19 heavy (non-hydrogen) atoms. The van der Waals surface area contributed by atoms with Gasteiger partial charge in [-0.2, -0.15) is 0 Å². The van der Waals surface area contributed by atoms with Gasteiger partial charge in [-0.1, -0.05) is 0 Å². The van der Waals surface area contributed by atoms with E-state index in [0.717, 1.165) is 38.8 Å². The molecule has 0 aromatic rings. The Hall–Kier alpha value is -0.770. The zero-order valence-electron chi connectivity index (χ0n) is 12.4. The van der Waals surface area contributed by atoms with E-state index < -0.39 is 5.60 Å². The van der Waals surface area contributed by atoms with Gasteiger partial charge in [-0.05, 0) is 64.7 Å². The van der Waals surface area contributed by atoms with Crippen LogP contribution in [0.1, 0.15) is 52.9 Å². The minimum atomic E-state index is -0.436. The van der Waals surface area contributed by atoms with Crippen LogP contribution >= 0.6 is 0 Å². The van der Waals surface area contributed by atoms with Crippen LogP contribution < -0.4 is 0 Å². The van der Waals surface area contributed by atoms with E-state index in [1.807, 2.05) is 25.7 Å². The van der Waals surface area contributed by atoms with Crippen LogP contribution in [0, 0.1) is 11.8 Å². The number of nitrogens with zero attached hydrogens (tertiary/aromatic N) is 1. The first-order valence-electron chi connectivity index (χ1n) is 7.51. The molecule has 0 radical (unpaired) electrons. The molecule has 3 unspecified atom stereocenters. The highest BCUT2D eigenvalue weighted by atomic mass is 16.6. The van der Waals surface area contributed by atoms with Gasteiger partial charge in [-0.3, -0.25) is 0 Å². The van der Waals surface area contributed by atoms with E-state index in [1.165, 1.54) is 6.42 Å². The first kappa shape index (κ1) is 14.6. The molecule has 0 spiro atoms. The fourth-order valence-corrected chi connectivity index (χ4v) is 3.32. The van der Waals surface area contributed by atoms with Crippen molar-refractivity contribution in [2.75, 3.05) is 13.1 Å². The molecular formula is C15H27NO3. The van der Waals surface area contributed by atoms with E-state index in [0.29, 0.717) is 11.8 Å². The summed E-state index contributed by atoms with van der Waals surface area (Å²) in [7, 11) is 0. The lowest BCUT2D eigenvalue weighted by atomic mass is 9.76. The van der Waals surface area contributed by atoms with Gasteiger partial charge >= 0.3 is 6.09 Å². The molecule has 4 nitrogen and oxygen atoms in total. The molecule has 1 N–H and O–H groups in total. The van der Waals surface area contributed by atoms with E-state index in [1.54, 1.807) is 0 Å². The van der Waals surface area contributed by atoms with Crippen molar-refractivity contribution in [2.24, 2.45) is 11.8 Å². The second kappa shape index (κ2) is 5.70. The van der Waals surface area contributed by atoms with E-state index >= 15 is 0 Å². The van der Waals surface area contributed by atoms with Crippen LogP contribution in [-0.2, 0) is 4.74 Å². The van der Waals surface area contributed by atoms with Gasteiger partial charge in [0.1, 0.15) is 5.60 Å². The maximum atomic E-state index is 12.2. The van der Waals surface area contributed by atoms with Crippen molar-refractivity contribution in [1.29, 1.82) is 0 Å². The quantitative estimate of drug-likeness (QED) is 0.735. The van der Waals surface area contributed by atoms with Crippen molar-refractivity contribution in [2.45, 2.75) is 64.6 Å². The highest BCUT2D eigenvalue weighted by molar-refractivity contribution is 5.68. The van der Waals surface area contributed by atoms with Gasteiger partial charge in [-0.25, -0.2) is 4.79 Å². The zero-order valence-corrected chi connectivity index (χ0v) is 12.4. The lowest BCUT2D eigenvalue weighted by Crippen LogP contribution is -2.41. The summed E-state index contributed by atoms with van der Waals surface area (Å²) in [4.78, 5) is 14.0. The second-order valence-electron chi connectivity index (χ2n) is 7.06. The van der Waals surface area contributed by atoms with Crippen molar-refractivity contribution in [3.63, 3.8) is 0 Å². The Bertz CT molecular complexity index is 324. The predicted molar refractivity (Wildman–Crippen MR) is 73.9 cm³/mol. The van der Waals surface area contributed by atoms with Gasteiger partial charge in [0, 0.05) is 13.1 Å². The third-order valence-electron chi connectivity index (χ3n) is 4.22. The van der Waals surface area contributed by atoms with Crippen LogP contribution in [0.25, 0.3) is 0 Å². The van der Waals surface area contributed by atoms with Gasteiger partial charge < -0.3 is 14.7 Å². The summed E-state index contributed by atoms with van der Waals surface area (Å²) in [6.07, 6.45) is 4.71. The van der Waals surface area contributed by atoms with Crippen molar-refractivity contribution in [3.05, 3.63) is 0 Å². The molecule has 1 aliphatic carbocycles. The Labute approximate surface area is 116 Å². The van der Waals surface area contributed by atoms with Gasteiger partial charge in [0.2, 0.25) is 0 Å². The van der Waals surface area contributed by atoms with Crippen LogP contribution in [0.5, 0.6) is 0 Å². The predicted octanol–water partition coefficient (Wildman–Crippen LogP) is 2.79. The number of aliphatic hydroxyl groups excluding tert-OH is 1. The Morgan fingerprint density at radius 3 is 2.63 bits per heavy atom. The summed E-state index contributed by atoms with van der Waals surface area (Å²) >= 11 is 0. The van der Waals surface area contributed by atoms with Crippen LogP contribution in [0.4, 0.5) is 4.79 Å². The number of carbonyl (C=O) groups is 1. The van der Waals surface area contributed by atoms with Crippen molar-refractivity contribution < 1.29 is 14.6 Å². The largest absolute Gasteiger partial charge is 0.444 e.